The van der Waals surface area contributed by atoms with Gasteiger partial charge in [-0.15, -0.1) is 0 Å². The summed E-state index contributed by atoms with van der Waals surface area (Å²) in [6, 6.07) is 8.71. The van der Waals surface area contributed by atoms with Gasteiger partial charge in [0.1, 0.15) is 0 Å². The molecule has 17 heavy (non-hydrogen) atoms. The van der Waals surface area contributed by atoms with E-state index in [0.29, 0.717) is 12.0 Å². The van der Waals surface area contributed by atoms with E-state index in [-0.39, 0.29) is 0 Å². The lowest BCUT2D eigenvalue weighted by Gasteiger charge is -2.32. The maximum atomic E-state index is 6.01. The molecule has 0 bridgehead atoms. The lowest BCUT2D eigenvalue weighted by atomic mass is 9.89. The summed E-state index contributed by atoms with van der Waals surface area (Å²) in [5.41, 5.74) is 1.30. The van der Waals surface area contributed by atoms with E-state index < -0.39 is 0 Å². The second-order valence-corrected chi connectivity index (χ2v) is 5.06. The zero-order valence-electron chi connectivity index (χ0n) is 10.3. The SMILES string of the molecule is CCN[C@H]1CCOC[C@H]1Cc1cccc(Cl)c1. The van der Waals surface area contributed by atoms with Crippen LogP contribution in [0.25, 0.3) is 0 Å². The van der Waals surface area contributed by atoms with Crippen molar-refractivity contribution in [2.45, 2.75) is 25.8 Å². The standard InChI is InChI=1S/C14H20ClNO/c1-2-16-14-6-7-17-10-12(14)8-11-4-3-5-13(15)9-11/h3-5,9,12,14,16H,2,6-8,10H2,1H3/t12-,14+/m1/s1. The Morgan fingerprint density at radius 3 is 3.12 bits per heavy atom. The Bertz CT molecular complexity index is 354. The van der Waals surface area contributed by atoms with Crippen LogP contribution in [0.2, 0.25) is 5.02 Å². The van der Waals surface area contributed by atoms with Crippen molar-refractivity contribution in [3.63, 3.8) is 0 Å². The summed E-state index contributed by atoms with van der Waals surface area (Å²) in [7, 11) is 0. The molecule has 3 heteroatoms. The number of hydrogen-bond donors (Lipinski definition) is 1. The Hall–Kier alpha value is -0.570. The summed E-state index contributed by atoms with van der Waals surface area (Å²) in [5.74, 6) is 0.558. The highest BCUT2D eigenvalue weighted by Crippen LogP contribution is 2.21. The van der Waals surface area contributed by atoms with Crippen LogP contribution in [0.1, 0.15) is 18.9 Å². The van der Waals surface area contributed by atoms with Gasteiger partial charge in [0.15, 0.2) is 0 Å². The number of ether oxygens (including phenoxy) is 1. The third-order valence-corrected chi connectivity index (χ3v) is 3.56. The Morgan fingerprint density at radius 2 is 2.35 bits per heavy atom. The van der Waals surface area contributed by atoms with E-state index in [0.717, 1.165) is 37.6 Å². The lowest BCUT2D eigenvalue weighted by Crippen LogP contribution is -2.43. The molecule has 0 aliphatic carbocycles. The summed E-state index contributed by atoms with van der Waals surface area (Å²) >= 11 is 6.01. The molecule has 0 saturated carbocycles. The van der Waals surface area contributed by atoms with E-state index in [4.69, 9.17) is 16.3 Å². The Balaban J connectivity index is 2.00. The van der Waals surface area contributed by atoms with Crippen LogP contribution in [-0.2, 0) is 11.2 Å². The number of rotatable bonds is 4. The largest absolute Gasteiger partial charge is 0.381 e. The van der Waals surface area contributed by atoms with Gasteiger partial charge in [-0.1, -0.05) is 30.7 Å². The normalized spacial score (nSPS) is 24.8. The van der Waals surface area contributed by atoms with Gasteiger partial charge in [0.25, 0.3) is 0 Å². The lowest BCUT2D eigenvalue weighted by molar-refractivity contribution is 0.0327. The molecule has 1 saturated heterocycles. The first kappa shape index (κ1) is 12.9. The highest BCUT2D eigenvalue weighted by Gasteiger charge is 2.24. The van der Waals surface area contributed by atoms with E-state index >= 15 is 0 Å². The summed E-state index contributed by atoms with van der Waals surface area (Å²) in [5, 5.41) is 4.38. The molecule has 1 heterocycles. The van der Waals surface area contributed by atoms with Crippen molar-refractivity contribution in [3.05, 3.63) is 34.9 Å². The second-order valence-electron chi connectivity index (χ2n) is 4.62. The molecular weight excluding hydrogens is 234 g/mol. The number of hydrogen-bond acceptors (Lipinski definition) is 2. The first-order chi connectivity index (χ1) is 8.29. The van der Waals surface area contributed by atoms with Gasteiger partial charge in [-0.3, -0.25) is 0 Å². The number of benzene rings is 1. The topological polar surface area (TPSA) is 21.3 Å². The van der Waals surface area contributed by atoms with Crippen LogP contribution in [0.3, 0.4) is 0 Å². The van der Waals surface area contributed by atoms with Gasteiger partial charge in [0.05, 0.1) is 6.61 Å². The molecule has 2 atom stereocenters. The minimum atomic E-state index is 0.558. The molecule has 2 nitrogen and oxygen atoms in total. The molecule has 1 aliphatic heterocycles. The zero-order chi connectivity index (χ0) is 12.1. The predicted octanol–water partition coefficient (Wildman–Crippen LogP) is 2.90. The van der Waals surface area contributed by atoms with Crippen LogP contribution < -0.4 is 5.32 Å². The van der Waals surface area contributed by atoms with Crippen molar-refractivity contribution in [1.29, 1.82) is 0 Å². The minimum Gasteiger partial charge on any atom is -0.381 e. The molecule has 2 rings (SSSR count). The third-order valence-electron chi connectivity index (χ3n) is 3.33. The van der Waals surface area contributed by atoms with E-state index in [1.807, 2.05) is 12.1 Å². The fraction of sp³-hybridized carbons (Fsp3) is 0.571. The van der Waals surface area contributed by atoms with Crippen molar-refractivity contribution in [2.24, 2.45) is 5.92 Å². The zero-order valence-corrected chi connectivity index (χ0v) is 11.0. The quantitative estimate of drug-likeness (QED) is 0.891. The second kappa shape index (κ2) is 6.39. The molecule has 0 spiro atoms. The van der Waals surface area contributed by atoms with Crippen molar-refractivity contribution in [2.75, 3.05) is 19.8 Å². The Kier molecular flexibility index (Phi) is 4.84. The average molecular weight is 254 g/mol. The van der Waals surface area contributed by atoms with Crippen molar-refractivity contribution in [1.82, 2.24) is 5.32 Å². The molecule has 0 unspecified atom stereocenters. The maximum absolute atomic E-state index is 6.01. The van der Waals surface area contributed by atoms with Crippen LogP contribution in [0, 0.1) is 5.92 Å². The first-order valence-corrected chi connectivity index (χ1v) is 6.73. The minimum absolute atomic E-state index is 0.558. The molecule has 0 radical (unpaired) electrons. The maximum Gasteiger partial charge on any atom is 0.0512 e. The summed E-state index contributed by atoms with van der Waals surface area (Å²) in [4.78, 5) is 0. The van der Waals surface area contributed by atoms with Crippen LogP contribution in [0.5, 0.6) is 0 Å². The smallest absolute Gasteiger partial charge is 0.0512 e. The van der Waals surface area contributed by atoms with Gasteiger partial charge in [-0.2, -0.15) is 0 Å². The van der Waals surface area contributed by atoms with E-state index in [1.54, 1.807) is 0 Å². The fourth-order valence-electron chi connectivity index (χ4n) is 2.50. The summed E-state index contributed by atoms with van der Waals surface area (Å²) in [6.07, 6.45) is 2.15. The first-order valence-electron chi connectivity index (χ1n) is 6.35. The molecule has 1 aromatic carbocycles. The predicted molar refractivity (Wildman–Crippen MR) is 71.5 cm³/mol. The average Bonchev–Trinajstić information content (AvgIpc) is 2.32. The van der Waals surface area contributed by atoms with E-state index in [1.165, 1.54) is 5.56 Å². The van der Waals surface area contributed by atoms with Gasteiger partial charge >= 0.3 is 0 Å². The number of halogens is 1. The van der Waals surface area contributed by atoms with Gasteiger partial charge in [0.2, 0.25) is 0 Å². The van der Waals surface area contributed by atoms with E-state index in [2.05, 4.69) is 24.4 Å². The Morgan fingerprint density at radius 1 is 1.47 bits per heavy atom. The molecule has 1 fully saturated rings. The molecule has 1 aliphatic rings. The fourth-order valence-corrected chi connectivity index (χ4v) is 2.71. The monoisotopic (exact) mass is 253 g/mol. The highest BCUT2D eigenvalue weighted by atomic mass is 35.5. The van der Waals surface area contributed by atoms with Gasteiger partial charge < -0.3 is 10.1 Å². The van der Waals surface area contributed by atoms with Crippen LogP contribution in [-0.4, -0.2) is 25.8 Å². The highest BCUT2D eigenvalue weighted by molar-refractivity contribution is 6.30. The number of nitrogens with one attached hydrogen (secondary N) is 1. The van der Waals surface area contributed by atoms with Gasteiger partial charge in [-0.25, -0.2) is 0 Å². The molecule has 0 aromatic heterocycles. The van der Waals surface area contributed by atoms with Crippen LogP contribution in [0.15, 0.2) is 24.3 Å². The molecule has 1 aromatic rings. The molecule has 1 N–H and O–H groups in total. The molecule has 94 valence electrons. The third kappa shape index (κ3) is 3.70. The molecule has 0 amide bonds. The van der Waals surface area contributed by atoms with Crippen molar-refractivity contribution in [3.8, 4) is 0 Å². The Labute approximate surface area is 108 Å². The van der Waals surface area contributed by atoms with E-state index in [9.17, 15) is 0 Å². The van der Waals surface area contributed by atoms with Crippen molar-refractivity contribution < 1.29 is 4.74 Å². The van der Waals surface area contributed by atoms with Gasteiger partial charge in [-0.05, 0) is 37.1 Å². The van der Waals surface area contributed by atoms with Crippen LogP contribution in [0.4, 0.5) is 0 Å². The summed E-state index contributed by atoms with van der Waals surface area (Å²) < 4.78 is 5.59. The van der Waals surface area contributed by atoms with Gasteiger partial charge in [0, 0.05) is 23.6 Å². The van der Waals surface area contributed by atoms with Crippen LogP contribution >= 0.6 is 11.6 Å². The summed E-state index contributed by atoms with van der Waals surface area (Å²) in [6.45, 7) is 4.91. The molecular formula is C14H20ClNO. The van der Waals surface area contributed by atoms with Crippen molar-refractivity contribution >= 4 is 11.6 Å².